The number of nitrogens with zero attached hydrogens (tertiary/aromatic N) is 1. The van der Waals surface area contributed by atoms with E-state index in [9.17, 15) is 9.18 Å². The molecular formula is C9H10BrFN2O. The maximum atomic E-state index is 12.7. The number of hydrogen-bond acceptors (Lipinski definition) is 1. The Bertz CT molecular complexity index is 355. The predicted octanol–water partition coefficient (Wildman–Crippen LogP) is 2.68. The van der Waals surface area contributed by atoms with Gasteiger partial charge in [-0.25, -0.2) is 9.18 Å². The van der Waals surface area contributed by atoms with E-state index in [0.717, 1.165) is 0 Å². The number of amides is 2. The highest BCUT2D eigenvalue weighted by molar-refractivity contribution is 9.10. The highest BCUT2D eigenvalue weighted by atomic mass is 79.9. The summed E-state index contributed by atoms with van der Waals surface area (Å²) in [6, 6.07) is 3.83. The number of halogens is 2. The summed E-state index contributed by atoms with van der Waals surface area (Å²) in [5.41, 5.74) is 0.546. The molecule has 0 aliphatic heterocycles. The zero-order valence-corrected chi connectivity index (χ0v) is 9.43. The number of benzene rings is 1. The monoisotopic (exact) mass is 260 g/mol. The molecule has 0 aliphatic carbocycles. The van der Waals surface area contributed by atoms with Crippen molar-refractivity contribution in [2.45, 2.75) is 0 Å². The summed E-state index contributed by atoms with van der Waals surface area (Å²) in [6.45, 7) is 0. The van der Waals surface area contributed by atoms with Crippen molar-refractivity contribution >= 4 is 27.6 Å². The van der Waals surface area contributed by atoms with Crippen LogP contribution in [-0.2, 0) is 0 Å². The van der Waals surface area contributed by atoms with Crippen molar-refractivity contribution in [3.8, 4) is 0 Å². The third-order valence-corrected chi connectivity index (χ3v) is 2.24. The van der Waals surface area contributed by atoms with Crippen LogP contribution in [0.15, 0.2) is 22.7 Å². The van der Waals surface area contributed by atoms with Crippen molar-refractivity contribution in [2.24, 2.45) is 0 Å². The van der Waals surface area contributed by atoms with Gasteiger partial charge >= 0.3 is 6.03 Å². The fourth-order valence-electron chi connectivity index (χ4n) is 0.818. The highest BCUT2D eigenvalue weighted by Crippen LogP contribution is 2.23. The van der Waals surface area contributed by atoms with E-state index in [-0.39, 0.29) is 11.8 Å². The molecule has 0 aromatic heterocycles. The molecule has 0 spiro atoms. The largest absolute Gasteiger partial charge is 0.331 e. The second kappa shape index (κ2) is 4.41. The van der Waals surface area contributed by atoms with Crippen molar-refractivity contribution in [3.05, 3.63) is 28.5 Å². The molecule has 0 atom stereocenters. The SMILES string of the molecule is CN(C)C(=O)Nc1ccc(F)cc1Br. The van der Waals surface area contributed by atoms with Gasteiger partial charge in [-0.3, -0.25) is 0 Å². The Morgan fingerprint density at radius 3 is 2.64 bits per heavy atom. The molecule has 0 unspecified atom stereocenters. The summed E-state index contributed by atoms with van der Waals surface area (Å²) in [7, 11) is 3.26. The van der Waals surface area contributed by atoms with Gasteiger partial charge in [0, 0.05) is 18.6 Å². The third kappa shape index (κ3) is 2.70. The van der Waals surface area contributed by atoms with E-state index >= 15 is 0 Å². The minimum Gasteiger partial charge on any atom is -0.331 e. The molecule has 0 fully saturated rings. The molecular weight excluding hydrogens is 251 g/mol. The second-order valence-electron chi connectivity index (χ2n) is 2.95. The van der Waals surface area contributed by atoms with Crippen LogP contribution in [0.5, 0.6) is 0 Å². The number of urea groups is 1. The summed E-state index contributed by atoms with van der Waals surface area (Å²) < 4.78 is 13.2. The van der Waals surface area contributed by atoms with Gasteiger partial charge < -0.3 is 10.2 Å². The predicted molar refractivity (Wildman–Crippen MR) is 56.8 cm³/mol. The van der Waals surface area contributed by atoms with Crippen LogP contribution in [0, 0.1) is 5.82 Å². The fraction of sp³-hybridized carbons (Fsp3) is 0.222. The van der Waals surface area contributed by atoms with Crippen LogP contribution >= 0.6 is 15.9 Å². The zero-order chi connectivity index (χ0) is 10.7. The quantitative estimate of drug-likeness (QED) is 0.828. The van der Waals surface area contributed by atoms with Crippen LogP contribution in [-0.4, -0.2) is 25.0 Å². The molecule has 0 saturated carbocycles. The summed E-state index contributed by atoms with van der Waals surface area (Å²) >= 11 is 3.15. The minimum atomic E-state index is -0.347. The van der Waals surface area contributed by atoms with Gasteiger partial charge in [0.1, 0.15) is 5.82 Å². The standard InChI is InChI=1S/C9H10BrFN2O/c1-13(2)9(14)12-8-4-3-6(11)5-7(8)10/h3-5H,1-2H3,(H,12,14). The fourth-order valence-corrected chi connectivity index (χ4v) is 1.27. The van der Waals surface area contributed by atoms with Crippen LogP contribution in [0.2, 0.25) is 0 Å². The van der Waals surface area contributed by atoms with Gasteiger partial charge in [-0.1, -0.05) is 0 Å². The molecule has 2 amide bonds. The molecule has 76 valence electrons. The first-order valence-corrected chi connectivity index (χ1v) is 4.73. The summed E-state index contributed by atoms with van der Waals surface area (Å²) in [5, 5.41) is 2.61. The number of hydrogen-bond donors (Lipinski definition) is 1. The molecule has 1 N–H and O–H groups in total. The van der Waals surface area contributed by atoms with Gasteiger partial charge in [0.05, 0.1) is 5.69 Å². The number of nitrogens with one attached hydrogen (secondary N) is 1. The maximum absolute atomic E-state index is 12.7. The summed E-state index contributed by atoms with van der Waals surface area (Å²) in [6.07, 6.45) is 0. The summed E-state index contributed by atoms with van der Waals surface area (Å²) in [5.74, 6) is -0.347. The number of carbonyl (C=O) groups is 1. The first-order valence-electron chi connectivity index (χ1n) is 3.94. The molecule has 0 aliphatic rings. The van der Waals surface area contributed by atoms with Gasteiger partial charge in [-0.2, -0.15) is 0 Å². The smallest absolute Gasteiger partial charge is 0.321 e. The first kappa shape index (κ1) is 11.0. The molecule has 3 nitrogen and oxygen atoms in total. The van der Waals surface area contributed by atoms with Crippen molar-refractivity contribution in [1.82, 2.24) is 4.90 Å². The van der Waals surface area contributed by atoms with Gasteiger partial charge in [0.15, 0.2) is 0 Å². The highest BCUT2D eigenvalue weighted by Gasteiger charge is 2.07. The molecule has 0 bridgehead atoms. The molecule has 1 aromatic carbocycles. The zero-order valence-electron chi connectivity index (χ0n) is 7.84. The van der Waals surface area contributed by atoms with Gasteiger partial charge in [0.2, 0.25) is 0 Å². The number of rotatable bonds is 1. The first-order chi connectivity index (χ1) is 6.50. The Kier molecular flexibility index (Phi) is 3.46. The van der Waals surface area contributed by atoms with Crippen molar-refractivity contribution in [2.75, 3.05) is 19.4 Å². The van der Waals surface area contributed by atoms with Crippen molar-refractivity contribution in [3.63, 3.8) is 0 Å². The van der Waals surface area contributed by atoms with Gasteiger partial charge in [-0.05, 0) is 34.1 Å². The van der Waals surface area contributed by atoms with Crippen LogP contribution in [0.4, 0.5) is 14.9 Å². The lowest BCUT2D eigenvalue weighted by molar-refractivity contribution is 0.230. The van der Waals surface area contributed by atoms with Crippen molar-refractivity contribution in [1.29, 1.82) is 0 Å². The lowest BCUT2D eigenvalue weighted by atomic mass is 10.3. The Labute approximate surface area is 90.0 Å². The molecule has 1 aromatic rings. The van der Waals surface area contributed by atoms with E-state index in [1.807, 2.05) is 0 Å². The van der Waals surface area contributed by atoms with Crippen LogP contribution in [0.3, 0.4) is 0 Å². The molecule has 0 radical (unpaired) electrons. The normalized spacial score (nSPS) is 9.71. The van der Waals surface area contributed by atoms with Crippen molar-refractivity contribution < 1.29 is 9.18 Å². The lowest BCUT2D eigenvalue weighted by Gasteiger charge is -2.12. The van der Waals surface area contributed by atoms with E-state index in [1.165, 1.54) is 23.1 Å². The van der Waals surface area contributed by atoms with Gasteiger partial charge in [-0.15, -0.1) is 0 Å². The Morgan fingerprint density at radius 2 is 2.14 bits per heavy atom. The van der Waals surface area contributed by atoms with Crippen LogP contribution in [0.25, 0.3) is 0 Å². The number of anilines is 1. The summed E-state index contributed by atoms with van der Waals surface area (Å²) in [4.78, 5) is 12.6. The Balaban J connectivity index is 2.82. The topological polar surface area (TPSA) is 32.3 Å². The van der Waals surface area contributed by atoms with E-state index < -0.39 is 0 Å². The maximum Gasteiger partial charge on any atom is 0.321 e. The molecule has 14 heavy (non-hydrogen) atoms. The third-order valence-electron chi connectivity index (χ3n) is 1.58. The molecule has 0 saturated heterocycles. The van der Waals surface area contributed by atoms with E-state index in [0.29, 0.717) is 10.2 Å². The van der Waals surface area contributed by atoms with Gasteiger partial charge in [0.25, 0.3) is 0 Å². The molecule has 5 heteroatoms. The Hall–Kier alpha value is -1.10. The Morgan fingerprint density at radius 1 is 1.50 bits per heavy atom. The molecule has 0 heterocycles. The minimum absolute atomic E-state index is 0.252. The number of carbonyl (C=O) groups excluding carboxylic acids is 1. The van der Waals surface area contributed by atoms with E-state index in [1.54, 1.807) is 14.1 Å². The average Bonchev–Trinajstić information content (AvgIpc) is 2.09. The van der Waals surface area contributed by atoms with E-state index in [2.05, 4.69) is 21.2 Å². The second-order valence-corrected chi connectivity index (χ2v) is 3.80. The lowest BCUT2D eigenvalue weighted by Crippen LogP contribution is -2.27. The van der Waals surface area contributed by atoms with E-state index in [4.69, 9.17) is 0 Å². The van der Waals surface area contributed by atoms with Crippen LogP contribution in [0.1, 0.15) is 0 Å². The molecule has 1 rings (SSSR count). The average molecular weight is 261 g/mol. The van der Waals surface area contributed by atoms with Crippen LogP contribution < -0.4 is 5.32 Å².